The van der Waals surface area contributed by atoms with Crippen LogP contribution in [0, 0.1) is 6.92 Å². The van der Waals surface area contributed by atoms with Gasteiger partial charge in [-0.1, -0.05) is 13.8 Å². The van der Waals surface area contributed by atoms with Crippen LogP contribution in [0.2, 0.25) is 0 Å². The van der Waals surface area contributed by atoms with Gasteiger partial charge in [-0.3, -0.25) is 9.89 Å². The van der Waals surface area contributed by atoms with Crippen LogP contribution < -0.4 is 5.73 Å². The number of nitrogens with one attached hydrogen (secondary N) is 1. The summed E-state index contributed by atoms with van der Waals surface area (Å²) in [5.41, 5.74) is 8.68. The van der Waals surface area contributed by atoms with Crippen LogP contribution in [0.1, 0.15) is 47.2 Å². The number of anilines is 1. The number of nitrogen functional groups attached to an aromatic ring is 1. The first-order chi connectivity index (χ1) is 9.88. The van der Waals surface area contributed by atoms with Gasteiger partial charge in [-0.05, 0) is 18.9 Å². The lowest BCUT2D eigenvalue weighted by atomic mass is 10.1. The van der Waals surface area contributed by atoms with Crippen molar-refractivity contribution in [3.05, 3.63) is 34.9 Å². The molecule has 2 heterocycles. The van der Waals surface area contributed by atoms with E-state index in [0.29, 0.717) is 12.2 Å². The third-order valence-corrected chi connectivity index (χ3v) is 3.26. The number of aromatic nitrogens is 4. The fraction of sp³-hybridized carbons (Fsp3) is 0.429. The van der Waals surface area contributed by atoms with E-state index in [1.54, 1.807) is 24.2 Å². The number of aryl methyl sites for hydroxylation is 1. The highest BCUT2D eigenvalue weighted by Gasteiger charge is 2.17. The zero-order valence-electron chi connectivity index (χ0n) is 12.7. The molecule has 0 bridgehead atoms. The molecule has 7 heteroatoms. The minimum Gasteiger partial charge on any atom is -0.368 e. The predicted octanol–water partition coefficient (Wildman–Crippen LogP) is 1.49. The summed E-state index contributed by atoms with van der Waals surface area (Å²) >= 11 is 0. The van der Waals surface area contributed by atoms with E-state index in [2.05, 4.69) is 20.2 Å². The largest absolute Gasteiger partial charge is 0.368 e. The molecule has 2 aromatic rings. The summed E-state index contributed by atoms with van der Waals surface area (Å²) in [5, 5.41) is 6.80. The molecule has 0 spiro atoms. The molecule has 0 saturated carbocycles. The lowest BCUT2D eigenvalue weighted by molar-refractivity contribution is 0.0779. The minimum atomic E-state index is -0.188. The van der Waals surface area contributed by atoms with Crippen LogP contribution in [0.3, 0.4) is 0 Å². The summed E-state index contributed by atoms with van der Waals surface area (Å²) in [6, 6.07) is 1.70. The summed E-state index contributed by atoms with van der Waals surface area (Å²) in [7, 11) is 1.72. The first-order valence-electron chi connectivity index (χ1n) is 6.77. The second-order valence-electron chi connectivity index (χ2n) is 5.37. The molecular formula is C14H20N6O. The van der Waals surface area contributed by atoms with E-state index in [9.17, 15) is 4.79 Å². The summed E-state index contributed by atoms with van der Waals surface area (Å²) in [5.74, 6) is 0.118. The van der Waals surface area contributed by atoms with Gasteiger partial charge in [0.15, 0.2) is 0 Å². The van der Waals surface area contributed by atoms with E-state index in [1.807, 2.05) is 20.8 Å². The third-order valence-electron chi connectivity index (χ3n) is 3.26. The lowest BCUT2D eigenvalue weighted by Gasteiger charge is -2.17. The maximum Gasteiger partial charge on any atom is 0.272 e. The van der Waals surface area contributed by atoms with Gasteiger partial charge >= 0.3 is 0 Å². The Bertz CT molecular complexity index is 649. The van der Waals surface area contributed by atoms with Crippen molar-refractivity contribution in [3.8, 4) is 0 Å². The van der Waals surface area contributed by atoms with Crippen LogP contribution in [0.15, 0.2) is 12.3 Å². The molecule has 0 radical (unpaired) electrons. The number of rotatable bonds is 4. The number of hydrogen-bond donors (Lipinski definition) is 2. The van der Waals surface area contributed by atoms with E-state index in [-0.39, 0.29) is 17.8 Å². The SMILES string of the molecule is Cc1[nH]ncc1CN(C)C(=O)c1cc(C(C)C)nc(N)n1. The molecule has 0 aliphatic carbocycles. The van der Waals surface area contributed by atoms with Crippen LogP contribution in [-0.4, -0.2) is 38.0 Å². The number of amides is 1. The minimum absolute atomic E-state index is 0.123. The summed E-state index contributed by atoms with van der Waals surface area (Å²) in [6.07, 6.45) is 1.72. The van der Waals surface area contributed by atoms with E-state index in [1.165, 1.54) is 0 Å². The first-order valence-corrected chi connectivity index (χ1v) is 6.77. The van der Waals surface area contributed by atoms with Crippen molar-refractivity contribution in [1.82, 2.24) is 25.1 Å². The van der Waals surface area contributed by atoms with Crippen molar-refractivity contribution in [3.63, 3.8) is 0 Å². The smallest absolute Gasteiger partial charge is 0.272 e. The van der Waals surface area contributed by atoms with Crippen molar-refractivity contribution >= 4 is 11.9 Å². The molecule has 0 unspecified atom stereocenters. The van der Waals surface area contributed by atoms with E-state index in [4.69, 9.17) is 5.73 Å². The Kier molecular flexibility index (Phi) is 4.21. The molecule has 3 N–H and O–H groups in total. The fourth-order valence-electron chi connectivity index (χ4n) is 1.95. The zero-order chi connectivity index (χ0) is 15.6. The summed E-state index contributed by atoms with van der Waals surface area (Å²) in [4.78, 5) is 22.2. The van der Waals surface area contributed by atoms with Crippen molar-refractivity contribution in [2.24, 2.45) is 0 Å². The van der Waals surface area contributed by atoms with E-state index < -0.39 is 0 Å². The van der Waals surface area contributed by atoms with Gasteiger partial charge in [-0.2, -0.15) is 5.10 Å². The molecule has 0 aliphatic heterocycles. The van der Waals surface area contributed by atoms with E-state index >= 15 is 0 Å². The molecule has 0 aliphatic rings. The Morgan fingerprint density at radius 3 is 2.71 bits per heavy atom. The second-order valence-corrected chi connectivity index (χ2v) is 5.37. The quantitative estimate of drug-likeness (QED) is 0.887. The zero-order valence-corrected chi connectivity index (χ0v) is 12.7. The normalized spacial score (nSPS) is 10.9. The molecule has 7 nitrogen and oxygen atoms in total. The summed E-state index contributed by atoms with van der Waals surface area (Å²) in [6.45, 7) is 6.37. The molecule has 21 heavy (non-hydrogen) atoms. The Morgan fingerprint density at radius 2 is 2.14 bits per heavy atom. The van der Waals surface area contributed by atoms with Crippen LogP contribution in [-0.2, 0) is 6.54 Å². The predicted molar refractivity (Wildman–Crippen MR) is 79.7 cm³/mol. The number of carbonyl (C=O) groups excluding carboxylic acids is 1. The molecule has 0 atom stereocenters. The van der Waals surface area contributed by atoms with Crippen LogP contribution in [0.25, 0.3) is 0 Å². The van der Waals surface area contributed by atoms with Crippen LogP contribution >= 0.6 is 0 Å². The molecule has 2 rings (SSSR count). The molecule has 0 saturated heterocycles. The Labute approximate surface area is 123 Å². The highest BCUT2D eigenvalue weighted by Crippen LogP contribution is 2.15. The Morgan fingerprint density at radius 1 is 1.43 bits per heavy atom. The summed E-state index contributed by atoms with van der Waals surface area (Å²) < 4.78 is 0. The Balaban J connectivity index is 2.21. The van der Waals surface area contributed by atoms with Gasteiger partial charge in [-0.25, -0.2) is 9.97 Å². The average Bonchev–Trinajstić information content (AvgIpc) is 2.82. The van der Waals surface area contributed by atoms with Crippen LogP contribution in [0.5, 0.6) is 0 Å². The standard InChI is InChI=1S/C14H20N6O/c1-8(2)11-5-12(18-14(15)17-11)13(21)20(4)7-10-6-16-19-9(10)3/h5-6,8H,7H2,1-4H3,(H,16,19)(H2,15,17,18). The number of carbonyl (C=O) groups is 1. The van der Waals surface area contributed by atoms with Gasteiger partial charge in [0.2, 0.25) is 5.95 Å². The monoisotopic (exact) mass is 288 g/mol. The van der Waals surface area contributed by atoms with Gasteiger partial charge < -0.3 is 10.6 Å². The van der Waals surface area contributed by atoms with Crippen molar-refractivity contribution in [1.29, 1.82) is 0 Å². The Hall–Kier alpha value is -2.44. The topological polar surface area (TPSA) is 101 Å². The van der Waals surface area contributed by atoms with E-state index in [0.717, 1.165) is 17.0 Å². The number of nitrogens with zero attached hydrogens (tertiary/aromatic N) is 4. The molecule has 2 aromatic heterocycles. The van der Waals surface area contributed by atoms with Crippen molar-refractivity contribution in [2.75, 3.05) is 12.8 Å². The maximum atomic E-state index is 12.5. The highest BCUT2D eigenvalue weighted by atomic mass is 16.2. The molecule has 112 valence electrons. The van der Waals surface area contributed by atoms with Gasteiger partial charge in [0, 0.05) is 30.5 Å². The van der Waals surface area contributed by atoms with Crippen molar-refractivity contribution in [2.45, 2.75) is 33.2 Å². The van der Waals surface area contributed by atoms with Gasteiger partial charge in [0.05, 0.1) is 6.20 Å². The number of aromatic amines is 1. The third kappa shape index (κ3) is 3.36. The van der Waals surface area contributed by atoms with Gasteiger partial charge in [0.1, 0.15) is 5.69 Å². The molecular weight excluding hydrogens is 268 g/mol. The fourth-order valence-corrected chi connectivity index (χ4v) is 1.95. The lowest BCUT2D eigenvalue weighted by Crippen LogP contribution is -2.27. The number of hydrogen-bond acceptors (Lipinski definition) is 5. The maximum absolute atomic E-state index is 12.5. The number of H-pyrrole nitrogens is 1. The highest BCUT2D eigenvalue weighted by molar-refractivity contribution is 5.92. The average molecular weight is 288 g/mol. The molecule has 0 aromatic carbocycles. The van der Waals surface area contributed by atoms with Gasteiger partial charge in [-0.15, -0.1) is 0 Å². The number of nitrogens with two attached hydrogens (primary N) is 1. The van der Waals surface area contributed by atoms with Gasteiger partial charge in [0.25, 0.3) is 5.91 Å². The first kappa shape index (κ1) is 15.0. The second kappa shape index (κ2) is 5.90. The van der Waals surface area contributed by atoms with Crippen molar-refractivity contribution < 1.29 is 4.79 Å². The van der Waals surface area contributed by atoms with Crippen LogP contribution in [0.4, 0.5) is 5.95 Å². The molecule has 1 amide bonds. The molecule has 0 fully saturated rings.